The molecular formula is C18H12N7S-. The Morgan fingerprint density at radius 1 is 1.04 bits per heavy atom. The molecule has 0 saturated heterocycles. The molecule has 0 amide bonds. The highest BCUT2D eigenvalue weighted by Crippen LogP contribution is 2.26. The fourth-order valence-corrected chi connectivity index (χ4v) is 3.49. The highest BCUT2D eigenvalue weighted by Gasteiger charge is 2.14. The number of imidazole rings is 1. The highest BCUT2D eigenvalue weighted by molar-refractivity contribution is 7.07. The van der Waals surface area contributed by atoms with Crippen LogP contribution in [0.15, 0.2) is 59.4 Å². The van der Waals surface area contributed by atoms with E-state index < -0.39 is 0 Å². The van der Waals surface area contributed by atoms with Crippen molar-refractivity contribution in [1.82, 2.24) is 35.2 Å². The van der Waals surface area contributed by atoms with E-state index >= 15 is 0 Å². The van der Waals surface area contributed by atoms with Crippen molar-refractivity contribution in [2.75, 3.05) is 0 Å². The Balaban J connectivity index is 1.56. The number of fused-ring (bicyclic) bond motifs is 1. The summed E-state index contributed by atoms with van der Waals surface area (Å²) in [6, 6.07) is 16.2. The van der Waals surface area contributed by atoms with Gasteiger partial charge in [0.05, 0.1) is 16.5 Å². The number of para-hydroxylation sites is 2. The number of rotatable bonds is 4. The second kappa shape index (κ2) is 6.16. The largest absolute Gasteiger partial charge is 0.330 e. The molecule has 0 aliphatic carbocycles. The summed E-state index contributed by atoms with van der Waals surface area (Å²) in [5.41, 5.74) is 6.83. The predicted octanol–water partition coefficient (Wildman–Crippen LogP) is 3.02. The molecule has 126 valence electrons. The van der Waals surface area contributed by atoms with Gasteiger partial charge in [-0.05, 0) is 23.3 Å². The highest BCUT2D eigenvalue weighted by atomic mass is 32.1. The zero-order chi connectivity index (χ0) is 17.3. The van der Waals surface area contributed by atoms with Crippen LogP contribution in [0.4, 0.5) is 0 Å². The van der Waals surface area contributed by atoms with Crippen LogP contribution in [-0.2, 0) is 6.54 Å². The van der Waals surface area contributed by atoms with E-state index in [2.05, 4.69) is 48.4 Å². The van der Waals surface area contributed by atoms with Gasteiger partial charge < -0.3 is 9.67 Å². The molecule has 0 fully saturated rings. The van der Waals surface area contributed by atoms with Crippen molar-refractivity contribution in [3.8, 4) is 22.9 Å². The first kappa shape index (κ1) is 14.9. The van der Waals surface area contributed by atoms with Crippen molar-refractivity contribution in [2.45, 2.75) is 6.54 Å². The zero-order valence-electron chi connectivity index (χ0n) is 13.5. The molecular weight excluding hydrogens is 346 g/mol. The molecule has 5 aromatic rings. The smallest absolute Gasteiger partial charge is 0.160 e. The number of nitrogens with zero attached hydrogens (tertiary/aromatic N) is 7. The molecule has 0 aliphatic heterocycles. The maximum atomic E-state index is 4.78. The second-order valence-corrected chi connectivity index (χ2v) is 6.50. The molecule has 0 spiro atoms. The lowest BCUT2D eigenvalue weighted by Gasteiger charge is -2.09. The van der Waals surface area contributed by atoms with Gasteiger partial charge in [0.1, 0.15) is 5.69 Å². The van der Waals surface area contributed by atoms with Gasteiger partial charge in [0.15, 0.2) is 5.82 Å². The summed E-state index contributed by atoms with van der Waals surface area (Å²) < 4.78 is 2.20. The van der Waals surface area contributed by atoms with Crippen LogP contribution in [0.2, 0.25) is 0 Å². The van der Waals surface area contributed by atoms with Crippen LogP contribution in [0.25, 0.3) is 33.9 Å². The van der Waals surface area contributed by atoms with E-state index in [0.29, 0.717) is 12.4 Å². The Morgan fingerprint density at radius 3 is 2.69 bits per heavy atom. The molecule has 0 saturated carbocycles. The van der Waals surface area contributed by atoms with Crippen molar-refractivity contribution in [3.05, 3.63) is 65.0 Å². The van der Waals surface area contributed by atoms with Gasteiger partial charge in [0.2, 0.25) is 0 Å². The summed E-state index contributed by atoms with van der Waals surface area (Å²) in [7, 11) is 0. The maximum absolute atomic E-state index is 4.78. The number of hydrogen-bond donors (Lipinski definition) is 0. The van der Waals surface area contributed by atoms with Crippen LogP contribution in [0.1, 0.15) is 5.56 Å². The molecule has 0 bridgehead atoms. The Kier molecular flexibility index (Phi) is 3.53. The molecule has 0 aliphatic rings. The van der Waals surface area contributed by atoms with E-state index in [0.717, 1.165) is 33.7 Å². The summed E-state index contributed by atoms with van der Waals surface area (Å²) in [6.45, 7) is 0.700. The van der Waals surface area contributed by atoms with Crippen molar-refractivity contribution >= 4 is 22.4 Å². The molecule has 0 atom stereocenters. The number of benzene rings is 2. The molecule has 0 N–H and O–H groups in total. The molecule has 7 nitrogen and oxygen atoms in total. The summed E-state index contributed by atoms with van der Waals surface area (Å²) in [6.07, 6.45) is 0. The van der Waals surface area contributed by atoms with Gasteiger partial charge in [0, 0.05) is 17.7 Å². The third-order valence-corrected chi connectivity index (χ3v) is 4.77. The Hall–Kier alpha value is -3.39. The molecule has 0 unspecified atom stereocenters. The molecule has 3 heterocycles. The Labute approximate surface area is 152 Å². The van der Waals surface area contributed by atoms with Crippen molar-refractivity contribution < 1.29 is 0 Å². The van der Waals surface area contributed by atoms with E-state index in [9.17, 15) is 0 Å². The minimum atomic E-state index is 0.535. The van der Waals surface area contributed by atoms with Gasteiger partial charge >= 0.3 is 0 Å². The van der Waals surface area contributed by atoms with E-state index in [1.54, 1.807) is 11.3 Å². The number of thiazole rings is 1. The van der Waals surface area contributed by atoms with E-state index in [1.165, 1.54) is 0 Å². The average molecular weight is 358 g/mol. The Bertz CT molecular complexity index is 1140. The summed E-state index contributed by atoms with van der Waals surface area (Å²) in [4.78, 5) is 9.22. The summed E-state index contributed by atoms with van der Waals surface area (Å²) in [5, 5.41) is 16.8. The standard InChI is InChI=1S/C18H12N7S/c1-2-4-16-14(3-1)20-18(15-10-26-11-19-15)25(16)9-12-5-7-13(8-6-12)17-21-23-24-22-17/h1-8,10-11H,9H2/q-1. The van der Waals surface area contributed by atoms with Crippen molar-refractivity contribution in [3.63, 3.8) is 0 Å². The SMILES string of the molecule is c1ccc2c(c1)nc(-c1cscn1)n2Cc1ccc(-c2nnn[n-]2)cc1. The van der Waals surface area contributed by atoms with Gasteiger partial charge in [-0.3, -0.25) is 10.3 Å². The lowest BCUT2D eigenvalue weighted by Crippen LogP contribution is -2.02. The fourth-order valence-electron chi connectivity index (χ4n) is 2.96. The van der Waals surface area contributed by atoms with Crippen LogP contribution < -0.4 is 5.10 Å². The minimum Gasteiger partial charge on any atom is -0.330 e. The van der Waals surface area contributed by atoms with Crippen LogP contribution in [0.5, 0.6) is 0 Å². The quantitative estimate of drug-likeness (QED) is 0.491. The number of hydrogen-bond acceptors (Lipinski definition) is 6. The first-order chi connectivity index (χ1) is 12.9. The van der Waals surface area contributed by atoms with Gasteiger partial charge in [0.25, 0.3) is 0 Å². The fraction of sp³-hybridized carbons (Fsp3) is 0.0556. The summed E-state index contributed by atoms with van der Waals surface area (Å²) >= 11 is 1.57. The molecule has 3 aromatic heterocycles. The maximum Gasteiger partial charge on any atom is 0.160 e. The van der Waals surface area contributed by atoms with Crippen LogP contribution >= 0.6 is 11.3 Å². The van der Waals surface area contributed by atoms with Crippen molar-refractivity contribution in [1.29, 1.82) is 0 Å². The third-order valence-electron chi connectivity index (χ3n) is 4.19. The van der Waals surface area contributed by atoms with E-state index in [4.69, 9.17) is 4.98 Å². The van der Waals surface area contributed by atoms with E-state index in [-0.39, 0.29) is 0 Å². The topological polar surface area (TPSA) is 83.5 Å². The number of aromatic nitrogens is 7. The zero-order valence-corrected chi connectivity index (χ0v) is 14.3. The van der Waals surface area contributed by atoms with Crippen molar-refractivity contribution in [2.24, 2.45) is 0 Å². The molecule has 8 heteroatoms. The summed E-state index contributed by atoms with van der Waals surface area (Å²) in [5.74, 6) is 1.41. The van der Waals surface area contributed by atoms with Gasteiger partial charge in [-0.2, -0.15) is 5.21 Å². The average Bonchev–Trinajstić information content (AvgIpc) is 3.44. The van der Waals surface area contributed by atoms with E-state index in [1.807, 2.05) is 41.2 Å². The number of tetrazole rings is 1. The third kappa shape index (κ3) is 2.56. The predicted molar refractivity (Wildman–Crippen MR) is 98.5 cm³/mol. The molecule has 2 aromatic carbocycles. The lowest BCUT2D eigenvalue weighted by molar-refractivity contribution is 0.831. The van der Waals surface area contributed by atoms with Gasteiger partial charge in [-0.1, -0.05) is 36.4 Å². The first-order valence-electron chi connectivity index (χ1n) is 8.00. The monoisotopic (exact) mass is 358 g/mol. The molecule has 0 radical (unpaired) electrons. The second-order valence-electron chi connectivity index (χ2n) is 5.78. The van der Waals surface area contributed by atoms with Crippen LogP contribution in [-0.4, -0.2) is 30.1 Å². The van der Waals surface area contributed by atoms with Gasteiger partial charge in [-0.25, -0.2) is 9.97 Å². The van der Waals surface area contributed by atoms with Crippen LogP contribution in [0, 0.1) is 0 Å². The first-order valence-corrected chi connectivity index (χ1v) is 8.94. The van der Waals surface area contributed by atoms with Crippen LogP contribution in [0.3, 0.4) is 0 Å². The minimum absolute atomic E-state index is 0.535. The Morgan fingerprint density at radius 2 is 1.92 bits per heavy atom. The molecule has 26 heavy (non-hydrogen) atoms. The molecule has 5 rings (SSSR count). The normalized spacial score (nSPS) is 11.2. The lowest BCUT2D eigenvalue weighted by atomic mass is 10.1. The van der Waals surface area contributed by atoms with Gasteiger partial charge in [-0.15, -0.1) is 11.3 Å².